The first-order valence-corrected chi connectivity index (χ1v) is 6.88. The second kappa shape index (κ2) is 7.33. The second-order valence-corrected chi connectivity index (χ2v) is 4.64. The van der Waals surface area contributed by atoms with Crippen LogP contribution >= 0.6 is 0 Å². The van der Waals surface area contributed by atoms with E-state index >= 15 is 0 Å². The van der Waals surface area contributed by atoms with Crippen LogP contribution in [-0.4, -0.2) is 13.3 Å². The monoisotopic (exact) mass is 284 g/mol. The van der Waals surface area contributed by atoms with Crippen LogP contribution in [-0.2, 0) is 13.0 Å². The summed E-state index contributed by atoms with van der Waals surface area (Å²) in [6.07, 6.45) is 2.62. The average Bonchev–Trinajstić information content (AvgIpc) is 2.54. The largest absolute Gasteiger partial charge is 0.496 e. The minimum absolute atomic E-state index is 0.431. The van der Waals surface area contributed by atoms with Gasteiger partial charge in [0.2, 0.25) is 0 Å². The number of aryl methyl sites for hydroxylation is 1. The van der Waals surface area contributed by atoms with Gasteiger partial charge in [0.25, 0.3) is 0 Å². The van der Waals surface area contributed by atoms with Crippen LogP contribution in [0.4, 0.5) is 0 Å². The maximum absolute atomic E-state index is 5.81. The van der Waals surface area contributed by atoms with Crippen molar-refractivity contribution in [3.8, 4) is 11.5 Å². The van der Waals surface area contributed by atoms with Crippen molar-refractivity contribution in [1.82, 2.24) is 0 Å². The van der Waals surface area contributed by atoms with Gasteiger partial charge in [-0.05, 0) is 47.9 Å². The van der Waals surface area contributed by atoms with Gasteiger partial charge >= 0.3 is 0 Å². The summed E-state index contributed by atoms with van der Waals surface area (Å²) in [5, 5.41) is 3.53. The van der Waals surface area contributed by atoms with E-state index in [1.54, 1.807) is 13.3 Å². The molecule has 0 aromatic heterocycles. The van der Waals surface area contributed by atoms with Gasteiger partial charge in [-0.3, -0.25) is 0 Å². The van der Waals surface area contributed by atoms with Gasteiger partial charge in [0.1, 0.15) is 18.1 Å². The average molecular weight is 284 g/mol. The van der Waals surface area contributed by atoms with Gasteiger partial charge in [0, 0.05) is 5.56 Å². The van der Waals surface area contributed by atoms with Crippen molar-refractivity contribution in [3.63, 3.8) is 0 Å². The van der Waals surface area contributed by atoms with Crippen molar-refractivity contribution in [2.24, 2.45) is 10.9 Å². The molecular weight excluding hydrogens is 264 g/mol. The fourth-order valence-electron chi connectivity index (χ4n) is 2.06. The molecule has 0 atom stereocenters. The third kappa shape index (κ3) is 3.99. The number of methoxy groups -OCH3 is 1. The Balaban J connectivity index is 2.11. The third-order valence-electron chi connectivity index (χ3n) is 3.25. The van der Waals surface area contributed by atoms with Crippen molar-refractivity contribution in [3.05, 3.63) is 59.2 Å². The zero-order valence-corrected chi connectivity index (χ0v) is 12.4. The highest BCUT2D eigenvalue weighted by Gasteiger charge is 2.05. The zero-order chi connectivity index (χ0) is 15.1. The molecule has 2 N–H and O–H groups in total. The normalized spacial score (nSPS) is 10.8. The molecule has 4 nitrogen and oxygen atoms in total. The molecule has 0 unspecified atom stereocenters. The second-order valence-electron chi connectivity index (χ2n) is 4.64. The molecule has 110 valence electrons. The molecule has 2 aromatic rings. The first-order valence-electron chi connectivity index (χ1n) is 6.88. The number of nitrogens with zero attached hydrogens (tertiary/aromatic N) is 1. The fourth-order valence-corrected chi connectivity index (χ4v) is 2.06. The summed E-state index contributed by atoms with van der Waals surface area (Å²) in [5.41, 5.74) is 3.16. The van der Waals surface area contributed by atoms with E-state index in [2.05, 4.69) is 24.2 Å². The van der Waals surface area contributed by atoms with Crippen LogP contribution < -0.4 is 15.3 Å². The summed E-state index contributed by atoms with van der Waals surface area (Å²) in [5.74, 6) is 6.81. The summed E-state index contributed by atoms with van der Waals surface area (Å²) < 4.78 is 11.2. The summed E-state index contributed by atoms with van der Waals surface area (Å²) in [6, 6.07) is 13.8. The molecular formula is C17H20N2O2. The van der Waals surface area contributed by atoms with E-state index < -0.39 is 0 Å². The van der Waals surface area contributed by atoms with Gasteiger partial charge in [0.05, 0.1) is 13.3 Å². The highest BCUT2D eigenvalue weighted by molar-refractivity contribution is 5.80. The Morgan fingerprint density at radius 3 is 2.52 bits per heavy atom. The van der Waals surface area contributed by atoms with E-state index in [4.69, 9.17) is 15.3 Å². The number of hydrogen-bond acceptors (Lipinski definition) is 4. The lowest BCUT2D eigenvalue weighted by Crippen LogP contribution is -2.00. The van der Waals surface area contributed by atoms with Crippen LogP contribution in [0.15, 0.2) is 47.6 Å². The minimum atomic E-state index is 0.431. The molecule has 0 aliphatic carbocycles. The molecule has 4 heteroatoms. The highest BCUT2D eigenvalue weighted by Crippen LogP contribution is 2.22. The Morgan fingerprint density at radius 1 is 1.14 bits per heavy atom. The molecule has 0 saturated carbocycles. The molecule has 0 bridgehead atoms. The number of hydrogen-bond donors (Lipinski definition) is 1. The molecule has 0 spiro atoms. The Labute approximate surface area is 125 Å². The first-order chi connectivity index (χ1) is 10.3. The van der Waals surface area contributed by atoms with E-state index in [1.807, 2.05) is 30.3 Å². The minimum Gasteiger partial charge on any atom is -0.496 e. The summed E-state index contributed by atoms with van der Waals surface area (Å²) in [7, 11) is 1.64. The van der Waals surface area contributed by atoms with E-state index in [0.29, 0.717) is 6.61 Å². The Bertz CT molecular complexity index is 607. The van der Waals surface area contributed by atoms with Crippen molar-refractivity contribution in [2.45, 2.75) is 20.0 Å². The lowest BCUT2D eigenvalue weighted by molar-refractivity contribution is 0.296. The standard InChI is InChI=1S/C17H20N2O2/c1-3-13-4-7-16(8-5-13)21-12-15-10-14(11-19-18)6-9-17(15)20-2/h4-11H,3,12,18H2,1-2H3. The molecule has 2 aromatic carbocycles. The van der Waals surface area contributed by atoms with Crippen LogP contribution in [0.5, 0.6) is 11.5 Å². The van der Waals surface area contributed by atoms with Crippen LogP contribution in [0.3, 0.4) is 0 Å². The van der Waals surface area contributed by atoms with Crippen LogP contribution in [0.1, 0.15) is 23.6 Å². The number of benzene rings is 2. The predicted octanol–water partition coefficient (Wildman–Crippen LogP) is 3.13. The Hall–Kier alpha value is -2.49. The molecule has 0 aliphatic rings. The lowest BCUT2D eigenvalue weighted by atomic mass is 10.1. The number of ether oxygens (including phenoxy) is 2. The van der Waals surface area contributed by atoms with Crippen molar-refractivity contribution >= 4 is 6.21 Å². The Morgan fingerprint density at radius 2 is 1.90 bits per heavy atom. The predicted molar refractivity (Wildman–Crippen MR) is 84.9 cm³/mol. The van der Waals surface area contributed by atoms with Gasteiger partial charge < -0.3 is 15.3 Å². The molecule has 0 saturated heterocycles. The highest BCUT2D eigenvalue weighted by atomic mass is 16.5. The number of rotatable bonds is 6. The molecule has 2 rings (SSSR count). The maximum atomic E-state index is 5.81. The topological polar surface area (TPSA) is 56.8 Å². The van der Waals surface area contributed by atoms with Crippen LogP contribution in [0.25, 0.3) is 0 Å². The first kappa shape index (κ1) is 14.9. The molecule has 0 radical (unpaired) electrons. The van der Waals surface area contributed by atoms with Gasteiger partial charge in [-0.2, -0.15) is 5.10 Å². The van der Waals surface area contributed by atoms with Crippen molar-refractivity contribution in [1.29, 1.82) is 0 Å². The van der Waals surface area contributed by atoms with E-state index in [-0.39, 0.29) is 0 Å². The van der Waals surface area contributed by atoms with Gasteiger partial charge in [-0.15, -0.1) is 0 Å². The van der Waals surface area contributed by atoms with Gasteiger partial charge in [-0.1, -0.05) is 19.1 Å². The van der Waals surface area contributed by atoms with Gasteiger partial charge in [0.15, 0.2) is 0 Å². The third-order valence-corrected chi connectivity index (χ3v) is 3.25. The van der Waals surface area contributed by atoms with E-state index in [9.17, 15) is 0 Å². The SMILES string of the molecule is CCc1ccc(OCc2cc(C=NN)ccc2OC)cc1. The van der Waals surface area contributed by atoms with Crippen LogP contribution in [0.2, 0.25) is 0 Å². The quantitative estimate of drug-likeness (QED) is 0.503. The maximum Gasteiger partial charge on any atom is 0.125 e. The molecule has 0 amide bonds. The van der Waals surface area contributed by atoms with Gasteiger partial charge in [-0.25, -0.2) is 0 Å². The summed E-state index contributed by atoms with van der Waals surface area (Å²) in [4.78, 5) is 0. The molecule has 21 heavy (non-hydrogen) atoms. The van der Waals surface area contributed by atoms with E-state index in [1.165, 1.54) is 5.56 Å². The lowest BCUT2D eigenvalue weighted by Gasteiger charge is -2.11. The van der Waals surface area contributed by atoms with E-state index in [0.717, 1.165) is 29.0 Å². The van der Waals surface area contributed by atoms with Crippen LogP contribution in [0, 0.1) is 0 Å². The van der Waals surface area contributed by atoms with Crippen molar-refractivity contribution < 1.29 is 9.47 Å². The summed E-state index contributed by atoms with van der Waals surface area (Å²) >= 11 is 0. The number of nitrogens with two attached hydrogens (primary N) is 1. The molecule has 0 fully saturated rings. The zero-order valence-electron chi connectivity index (χ0n) is 12.4. The smallest absolute Gasteiger partial charge is 0.125 e. The fraction of sp³-hybridized carbons (Fsp3) is 0.235. The Kier molecular flexibility index (Phi) is 5.21. The molecule has 0 aliphatic heterocycles. The van der Waals surface area contributed by atoms with Crippen molar-refractivity contribution in [2.75, 3.05) is 7.11 Å². The number of hydrazone groups is 1. The molecule has 0 heterocycles. The summed E-state index contributed by atoms with van der Waals surface area (Å²) in [6.45, 7) is 2.56.